The Labute approximate surface area is 160 Å². The minimum absolute atomic E-state index is 0.129. The molecule has 0 saturated heterocycles. The second-order valence-electron chi connectivity index (χ2n) is 5.96. The predicted octanol–water partition coefficient (Wildman–Crippen LogP) is 3.54. The number of aromatic amines is 1. The molecule has 0 radical (unpaired) electrons. The normalized spacial score (nSPS) is 10.9. The van der Waals surface area contributed by atoms with E-state index >= 15 is 0 Å². The van der Waals surface area contributed by atoms with Gasteiger partial charge in [-0.1, -0.05) is 6.07 Å². The Morgan fingerprint density at radius 3 is 2.74 bits per heavy atom. The molecule has 0 atom stereocenters. The molecule has 2 heterocycles. The highest BCUT2D eigenvalue weighted by molar-refractivity contribution is 7.14. The van der Waals surface area contributed by atoms with Crippen LogP contribution in [0.3, 0.4) is 0 Å². The molecule has 0 bridgehead atoms. The molecule has 0 spiro atoms. The van der Waals surface area contributed by atoms with Gasteiger partial charge in [0.15, 0.2) is 5.13 Å². The zero-order valence-electron chi connectivity index (χ0n) is 15.2. The second-order valence-corrected chi connectivity index (χ2v) is 6.80. The third-order valence-corrected chi connectivity index (χ3v) is 4.81. The summed E-state index contributed by atoms with van der Waals surface area (Å²) in [4.78, 5) is 32.8. The van der Waals surface area contributed by atoms with Gasteiger partial charge in [-0.05, 0) is 49.2 Å². The van der Waals surface area contributed by atoms with Crippen molar-refractivity contribution in [2.24, 2.45) is 5.10 Å². The number of aryl methyl sites for hydroxylation is 2. The van der Waals surface area contributed by atoms with Crippen LogP contribution in [0.5, 0.6) is 0 Å². The van der Waals surface area contributed by atoms with Crippen LogP contribution in [0.15, 0.2) is 47.0 Å². The topological polar surface area (TPSA) is 90.4 Å². The van der Waals surface area contributed by atoms with Gasteiger partial charge < -0.3 is 4.98 Å². The first-order valence-corrected chi connectivity index (χ1v) is 9.14. The molecule has 0 unspecified atom stereocenters. The molecule has 2 aromatic heterocycles. The van der Waals surface area contributed by atoms with Crippen LogP contribution in [0.25, 0.3) is 0 Å². The standard InChI is InChI=1S/C19H19N5O2S/c1-12-6-7-16(9-13(12)2)24(14(3)25)19-22-15(11-27-19)10-21-23-18(26)17-5-4-8-20-17/h4-11,20H,1-3H3,(H,23,26)/b21-10-. The van der Waals surface area contributed by atoms with Gasteiger partial charge in [-0.25, -0.2) is 10.4 Å². The molecule has 0 fully saturated rings. The number of carbonyl (C=O) groups excluding carboxylic acids is 2. The van der Waals surface area contributed by atoms with Crippen LogP contribution in [0.4, 0.5) is 10.8 Å². The first kappa shape index (κ1) is 18.5. The van der Waals surface area contributed by atoms with E-state index in [1.54, 1.807) is 28.6 Å². The number of anilines is 2. The molecule has 138 valence electrons. The zero-order valence-corrected chi connectivity index (χ0v) is 16.0. The van der Waals surface area contributed by atoms with E-state index in [2.05, 4.69) is 20.5 Å². The van der Waals surface area contributed by atoms with Gasteiger partial charge in [0.2, 0.25) is 5.91 Å². The summed E-state index contributed by atoms with van der Waals surface area (Å²) >= 11 is 1.33. The highest BCUT2D eigenvalue weighted by Crippen LogP contribution is 2.29. The number of amides is 2. The first-order valence-electron chi connectivity index (χ1n) is 8.26. The summed E-state index contributed by atoms with van der Waals surface area (Å²) in [5.74, 6) is -0.469. The molecular weight excluding hydrogens is 362 g/mol. The molecule has 8 heteroatoms. The van der Waals surface area contributed by atoms with E-state index in [1.807, 2.05) is 32.0 Å². The lowest BCUT2D eigenvalue weighted by Gasteiger charge is -2.19. The van der Waals surface area contributed by atoms with Crippen molar-refractivity contribution < 1.29 is 9.59 Å². The zero-order chi connectivity index (χ0) is 19.4. The predicted molar refractivity (Wildman–Crippen MR) is 107 cm³/mol. The summed E-state index contributed by atoms with van der Waals surface area (Å²) in [6.45, 7) is 5.53. The Bertz CT molecular complexity index is 991. The molecule has 0 aliphatic heterocycles. The van der Waals surface area contributed by atoms with Crippen LogP contribution in [0.1, 0.15) is 34.2 Å². The first-order chi connectivity index (χ1) is 13.0. The number of aromatic nitrogens is 2. The fraction of sp³-hybridized carbons (Fsp3) is 0.158. The van der Waals surface area contributed by atoms with E-state index in [9.17, 15) is 9.59 Å². The van der Waals surface area contributed by atoms with E-state index in [4.69, 9.17) is 0 Å². The minimum atomic E-state index is -0.341. The van der Waals surface area contributed by atoms with Gasteiger partial charge in [0.25, 0.3) is 5.91 Å². The molecule has 0 aliphatic rings. The van der Waals surface area contributed by atoms with Crippen molar-refractivity contribution in [2.75, 3.05) is 4.90 Å². The highest BCUT2D eigenvalue weighted by Gasteiger charge is 2.18. The Morgan fingerprint density at radius 1 is 1.26 bits per heavy atom. The third kappa shape index (κ3) is 4.29. The molecule has 7 nitrogen and oxygen atoms in total. The minimum Gasteiger partial charge on any atom is -0.357 e. The maximum Gasteiger partial charge on any atom is 0.287 e. The van der Waals surface area contributed by atoms with Crippen LogP contribution in [0.2, 0.25) is 0 Å². The van der Waals surface area contributed by atoms with Crippen molar-refractivity contribution in [3.8, 4) is 0 Å². The fourth-order valence-electron chi connectivity index (χ4n) is 2.42. The summed E-state index contributed by atoms with van der Waals surface area (Å²) in [6, 6.07) is 9.22. The number of hydrogen-bond acceptors (Lipinski definition) is 5. The molecule has 0 saturated carbocycles. The number of hydrazone groups is 1. The molecule has 2 N–H and O–H groups in total. The van der Waals surface area contributed by atoms with Crippen LogP contribution >= 0.6 is 11.3 Å². The number of benzene rings is 1. The quantitative estimate of drug-likeness (QED) is 0.523. The summed E-state index contributed by atoms with van der Waals surface area (Å²) in [5, 5.41) is 6.23. The van der Waals surface area contributed by atoms with Gasteiger partial charge in [-0.15, -0.1) is 11.3 Å². The lowest BCUT2D eigenvalue weighted by Crippen LogP contribution is -2.22. The molecule has 3 aromatic rings. The van der Waals surface area contributed by atoms with Crippen molar-refractivity contribution >= 4 is 40.2 Å². The van der Waals surface area contributed by atoms with E-state index in [1.165, 1.54) is 24.5 Å². The lowest BCUT2D eigenvalue weighted by molar-refractivity contribution is -0.115. The van der Waals surface area contributed by atoms with Crippen LogP contribution in [0, 0.1) is 13.8 Å². The van der Waals surface area contributed by atoms with Gasteiger partial charge in [0.05, 0.1) is 17.6 Å². The van der Waals surface area contributed by atoms with Crippen LogP contribution < -0.4 is 10.3 Å². The Morgan fingerprint density at radius 2 is 2.07 bits per heavy atom. The molecule has 27 heavy (non-hydrogen) atoms. The monoisotopic (exact) mass is 381 g/mol. The second kappa shape index (κ2) is 7.96. The van der Waals surface area contributed by atoms with Gasteiger partial charge in [-0.2, -0.15) is 5.10 Å². The summed E-state index contributed by atoms with van der Waals surface area (Å²) in [5.41, 5.74) is 6.42. The van der Waals surface area contributed by atoms with Crippen molar-refractivity contribution in [2.45, 2.75) is 20.8 Å². The molecule has 3 rings (SSSR count). The summed E-state index contributed by atoms with van der Waals surface area (Å²) in [7, 11) is 0. The average Bonchev–Trinajstić information content (AvgIpc) is 3.30. The summed E-state index contributed by atoms with van der Waals surface area (Å²) in [6.07, 6.45) is 3.11. The lowest BCUT2D eigenvalue weighted by atomic mass is 10.1. The van der Waals surface area contributed by atoms with Crippen LogP contribution in [-0.4, -0.2) is 28.0 Å². The van der Waals surface area contributed by atoms with E-state index in [0.717, 1.165) is 16.8 Å². The average molecular weight is 381 g/mol. The van der Waals surface area contributed by atoms with Crippen molar-refractivity contribution in [3.63, 3.8) is 0 Å². The van der Waals surface area contributed by atoms with Crippen molar-refractivity contribution in [1.29, 1.82) is 0 Å². The van der Waals surface area contributed by atoms with Gasteiger partial charge in [0, 0.05) is 18.5 Å². The number of rotatable bonds is 5. The molecule has 2 amide bonds. The van der Waals surface area contributed by atoms with Gasteiger partial charge in [0.1, 0.15) is 5.69 Å². The molecule has 0 aliphatic carbocycles. The smallest absolute Gasteiger partial charge is 0.287 e. The van der Waals surface area contributed by atoms with Gasteiger partial charge in [-0.3, -0.25) is 14.5 Å². The number of nitrogens with one attached hydrogen (secondary N) is 2. The summed E-state index contributed by atoms with van der Waals surface area (Å²) < 4.78 is 0. The number of carbonyl (C=O) groups is 2. The maximum absolute atomic E-state index is 12.2. The SMILES string of the molecule is CC(=O)N(c1ccc(C)c(C)c1)c1nc(/C=N\NC(=O)c2ccc[nH]2)cs1. The third-order valence-electron chi connectivity index (χ3n) is 3.97. The van der Waals surface area contributed by atoms with E-state index in [0.29, 0.717) is 16.5 Å². The highest BCUT2D eigenvalue weighted by atomic mass is 32.1. The van der Waals surface area contributed by atoms with E-state index < -0.39 is 0 Å². The van der Waals surface area contributed by atoms with Crippen LogP contribution in [-0.2, 0) is 4.79 Å². The molecular formula is C19H19N5O2S. The van der Waals surface area contributed by atoms with Gasteiger partial charge >= 0.3 is 0 Å². The van der Waals surface area contributed by atoms with E-state index in [-0.39, 0.29) is 11.8 Å². The maximum atomic E-state index is 12.2. The number of hydrogen-bond donors (Lipinski definition) is 2. The molecule has 1 aromatic carbocycles. The van der Waals surface area contributed by atoms with Crippen molar-refractivity contribution in [1.82, 2.24) is 15.4 Å². The Hall–Kier alpha value is -3.26. The number of nitrogens with zero attached hydrogens (tertiary/aromatic N) is 3. The Balaban J connectivity index is 1.76. The largest absolute Gasteiger partial charge is 0.357 e. The van der Waals surface area contributed by atoms with Crippen molar-refractivity contribution in [3.05, 3.63) is 64.4 Å². The number of H-pyrrole nitrogens is 1. The Kier molecular flexibility index (Phi) is 5.46. The number of thiazole rings is 1. The fourth-order valence-corrected chi connectivity index (χ4v) is 3.26.